The van der Waals surface area contributed by atoms with E-state index in [0.29, 0.717) is 33.5 Å². The van der Waals surface area contributed by atoms with Gasteiger partial charge in [-0.1, -0.05) is 35.3 Å². The molecule has 154 valence electrons. The molecule has 0 aliphatic rings. The number of amides is 1. The van der Waals surface area contributed by atoms with E-state index in [0.717, 1.165) is 9.13 Å². The van der Waals surface area contributed by atoms with E-state index in [-0.39, 0.29) is 12.5 Å². The highest BCUT2D eigenvalue weighted by Crippen LogP contribution is 2.27. The number of carbonyl (C=O) groups excluding carboxylic acids is 2. The number of halogens is 3. The van der Waals surface area contributed by atoms with Gasteiger partial charge in [-0.3, -0.25) is 4.79 Å². The Morgan fingerprint density at radius 3 is 2.33 bits per heavy atom. The quantitative estimate of drug-likeness (QED) is 0.254. The largest absolute Gasteiger partial charge is 0.462 e. The van der Waals surface area contributed by atoms with Crippen molar-refractivity contribution in [1.29, 1.82) is 0 Å². The van der Waals surface area contributed by atoms with Crippen LogP contribution in [0.1, 0.15) is 33.2 Å². The van der Waals surface area contributed by atoms with E-state index < -0.39 is 5.97 Å². The van der Waals surface area contributed by atoms with E-state index in [1.54, 1.807) is 60.4 Å². The van der Waals surface area contributed by atoms with Crippen molar-refractivity contribution in [2.75, 3.05) is 11.5 Å². The Morgan fingerprint density at radius 2 is 1.70 bits per heavy atom. The molecule has 3 aromatic rings. The second-order valence-corrected chi connectivity index (χ2v) is 8.49. The van der Waals surface area contributed by atoms with Gasteiger partial charge in [0.2, 0.25) is 0 Å². The maximum Gasteiger partial charge on any atom is 0.338 e. The molecule has 7 heteroatoms. The molecule has 0 aliphatic carbocycles. The molecule has 0 aromatic heterocycles. The molecule has 4 nitrogen and oxygen atoms in total. The molecule has 0 radical (unpaired) electrons. The van der Waals surface area contributed by atoms with Gasteiger partial charge in [-0.2, -0.15) is 0 Å². The zero-order valence-corrected chi connectivity index (χ0v) is 19.7. The first kappa shape index (κ1) is 22.6. The molecule has 30 heavy (non-hydrogen) atoms. The van der Waals surface area contributed by atoms with Gasteiger partial charge in [0.1, 0.15) is 0 Å². The Labute approximate surface area is 198 Å². The molecule has 0 spiro atoms. The van der Waals surface area contributed by atoms with Crippen LogP contribution < -0.4 is 4.90 Å². The van der Waals surface area contributed by atoms with Crippen LogP contribution in [0.15, 0.2) is 66.7 Å². The van der Waals surface area contributed by atoms with Gasteiger partial charge in [0, 0.05) is 24.9 Å². The lowest BCUT2D eigenvalue weighted by molar-refractivity contribution is 0.0526. The second kappa shape index (κ2) is 10.3. The molecule has 1 amide bonds. The van der Waals surface area contributed by atoms with Crippen LogP contribution in [0.25, 0.3) is 0 Å². The number of esters is 1. The normalized spacial score (nSPS) is 10.5. The van der Waals surface area contributed by atoms with Crippen molar-refractivity contribution in [3.05, 3.63) is 97.0 Å². The highest BCUT2D eigenvalue weighted by Gasteiger charge is 2.20. The molecule has 0 bridgehead atoms. The summed E-state index contributed by atoms with van der Waals surface area (Å²) in [6, 6.07) is 19.3. The molecule has 0 heterocycles. The summed E-state index contributed by atoms with van der Waals surface area (Å²) >= 11 is 14.5. The molecule has 0 unspecified atom stereocenters. The minimum atomic E-state index is -0.403. The number of benzene rings is 3. The van der Waals surface area contributed by atoms with Crippen LogP contribution in [-0.4, -0.2) is 18.5 Å². The Kier molecular flexibility index (Phi) is 7.75. The van der Waals surface area contributed by atoms with Gasteiger partial charge in [0.25, 0.3) is 5.91 Å². The van der Waals surface area contributed by atoms with E-state index in [1.165, 1.54) is 0 Å². The number of hydrogen-bond donors (Lipinski definition) is 0. The van der Waals surface area contributed by atoms with Crippen LogP contribution in [0.2, 0.25) is 10.0 Å². The molecule has 0 fully saturated rings. The van der Waals surface area contributed by atoms with Crippen molar-refractivity contribution in [1.82, 2.24) is 0 Å². The Bertz CT molecular complexity index is 1070. The molecule has 0 N–H and O–H groups in total. The van der Waals surface area contributed by atoms with Gasteiger partial charge in [0.05, 0.1) is 18.7 Å². The summed E-state index contributed by atoms with van der Waals surface area (Å²) in [7, 11) is 0. The Balaban J connectivity index is 1.98. The van der Waals surface area contributed by atoms with Crippen LogP contribution in [0.5, 0.6) is 0 Å². The van der Waals surface area contributed by atoms with Gasteiger partial charge in [-0.05, 0) is 89.7 Å². The maximum absolute atomic E-state index is 13.4. The van der Waals surface area contributed by atoms with E-state index in [9.17, 15) is 9.59 Å². The van der Waals surface area contributed by atoms with Crippen molar-refractivity contribution in [2.24, 2.45) is 0 Å². The van der Waals surface area contributed by atoms with Gasteiger partial charge < -0.3 is 9.64 Å². The highest BCUT2D eigenvalue weighted by molar-refractivity contribution is 14.1. The van der Waals surface area contributed by atoms with Crippen molar-refractivity contribution in [3.8, 4) is 0 Å². The lowest BCUT2D eigenvalue weighted by Gasteiger charge is -2.24. The zero-order valence-electron chi connectivity index (χ0n) is 16.1. The third-order valence-corrected chi connectivity index (χ3v) is 5.61. The summed E-state index contributed by atoms with van der Waals surface area (Å²) in [6.45, 7) is 2.30. The van der Waals surface area contributed by atoms with Crippen molar-refractivity contribution in [2.45, 2.75) is 13.5 Å². The Hall–Kier alpha value is -2.09. The van der Waals surface area contributed by atoms with Crippen LogP contribution in [0.3, 0.4) is 0 Å². The highest BCUT2D eigenvalue weighted by atomic mass is 127. The average Bonchev–Trinajstić information content (AvgIpc) is 2.73. The fraction of sp³-hybridized carbons (Fsp3) is 0.130. The first-order valence-corrected chi connectivity index (χ1v) is 11.0. The summed E-state index contributed by atoms with van der Waals surface area (Å²) < 4.78 is 5.99. The van der Waals surface area contributed by atoms with Crippen LogP contribution >= 0.6 is 45.8 Å². The minimum Gasteiger partial charge on any atom is -0.462 e. The summed E-state index contributed by atoms with van der Waals surface area (Å²) in [6.07, 6.45) is 0. The second-order valence-electron chi connectivity index (χ2n) is 6.40. The van der Waals surface area contributed by atoms with Crippen LogP contribution in [-0.2, 0) is 11.3 Å². The Morgan fingerprint density at radius 1 is 0.967 bits per heavy atom. The molecule has 3 aromatic carbocycles. The van der Waals surface area contributed by atoms with Gasteiger partial charge in [-0.15, -0.1) is 0 Å². The minimum absolute atomic E-state index is 0.177. The van der Waals surface area contributed by atoms with Gasteiger partial charge in [-0.25, -0.2) is 4.79 Å². The first-order chi connectivity index (χ1) is 14.4. The maximum atomic E-state index is 13.4. The third-order valence-electron chi connectivity index (χ3n) is 4.35. The molecule has 0 saturated carbocycles. The number of carbonyl (C=O) groups is 2. The van der Waals surface area contributed by atoms with E-state index in [4.69, 9.17) is 27.9 Å². The monoisotopic (exact) mass is 553 g/mol. The average molecular weight is 554 g/mol. The topological polar surface area (TPSA) is 46.6 Å². The van der Waals surface area contributed by atoms with E-state index in [1.807, 2.05) is 18.2 Å². The van der Waals surface area contributed by atoms with E-state index in [2.05, 4.69) is 22.6 Å². The SMILES string of the molecule is CCOC(=O)c1ccc(N(Cc2ccc(Cl)cc2Cl)C(=O)c2cccc(I)c2)cc1. The molecular formula is C23H18Cl2INO3. The van der Waals surface area contributed by atoms with Crippen LogP contribution in [0, 0.1) is 3.57 Å². The summed E-state index contributed by atoms with van der Waals surface area (Å²) in [5, 5.41) is 1.00. The van der Waals surface area contributed by atoms with Crippen LogP contribution in [0.4, 0.5) is 5.69 Å². The summed E-state index contributed by atoms with van der Waals surface area (Å²) in [5.74, 6) is -0.580. The molecule has 0 saturated heterocycles. The predicted molar refractivity (Wildman–Crippen MR) is 129 cm³/mol. The molecule has 3 rings (SSSR count). The summed E-state index contributed by atoms with van der Waals surface area (Å²) in [5.41, 5.74) is 2.38. The third kappa shape index (κ3) is 5.53. The lowest BCUT2D eigenvalue weighted by atomic mass is 10.1. The molecule has 0 aliphatic heterocycles. The smallest absolute Gasteiger partial charge is 0.338 e. The number of ether oxygens (including phenoxy) is 1. The van der Waals surface area contributed by atoms with Gasteiger partial charge >= 0.3 is 5.97 Å². The molecule has 0 atom stereocenters. The fourth-order valence-electron chi connectivity index (χ4n) is 2.87. The lowest BCUT2D eigenvalue weighted by Crippen LogP contribution is -2.30. The van der Waals surface area contributed by atoms with Crippen molar-refractivity contribution in [3.63, 3.8) is 0 Å². The molecular weight excluding hydrogens is 536 g/mol. The van der Waals surface area contributed by atoms with E-state index >= 15 is 0 Å². The summed E-state index contributed by atoms with van der Waals surface area (Å²) in [4.78, 5) is 26.9. The number of nitrogens with zero attached hydrogens (tertiary/aromatic N) is 1. The number of anilines is 1. The number of hydrogen-bond acceptors (Lipinski definition) is 3. The van der Waals surface area contributed by atoms with Crippen molar-refractivity contribution >= 4 is 63.4 Å². The standard InChI is InChI=1S/C23H18Cl2INO3/c1-2-30-23(29)15-7-10-20(11-8-15)27(14-17-6-9-18(24)13-21(17)25)22(28)16-4-3-5-19(26)12-16/h3-13H,2,14H2,1H3. The predicted octanol–water partition coefficient (Wildman–Crippen LogP) is 6.62. The first-order valence-electron chi connectivity index (χ1n) is 9.17. The number of rotatable bonds is 6. The zero-order chi connectivity index (χ0) is 21.7. The van der Waals surface area contributed by atoms with Crippen molar-refractivity contribution < 1.29 is 14.3 Å². The van der Waals surface area contributed by atoms with Gasteiger partial charge in [0.15, 0.2) is 0 Å². The fourth-order valence-corrected chi connectivity index (χ4v) is 3.88.